The SMILES string of the molecule is COC1=NC(C)=C(C(=O)O)C(c2cccc([N+](=O)[O-])c2)N1CCCc1ccccc1. The standard InChI is InChI=1S/C22H23N3O5/c1-15-19(21(26)27)20(17-11-6-12-18(14-17)25(28)29)24(22(23-15)30-2)13-7-10-16-8-4-3-5-9-16/h3-6,8-9,11-12,14,20H,7,10,13H2,1-2H3,(H,26,27). The van der Waals surface area contributed by atoms with E-state index in [9.17, 15) is 20.0 Å². The number of non-ortho nitro benzene ring substituents is 1. The smallest absolute Gasteiger partial charge is 0.335 e. The molecule has 0 radical (unpaired) electrons. The predicted molar refractivity (Wildman–Crippen MR) is 112 cm³/mol. The third-order valence-corrected chi connectivity index (χ3v) is 5.00. The molecule has 2 aromatic carbocycles. The summed E-state index contributed by atoms with van der Waals surface area (Å²) in [5.41, 5.74) is 1.97. The van der Waals surface area contributed by atoms with E-state index in [0.29, 0.717) is 23.8 Å². The molecule has 1 aliphatic rings. The van der Waals surface area contributed by atoms with E-state index in [4.69, 9.17) is 4.74 Å². The Balaban J connectivity index is 1.97. The molecule has 1 atom stereocenters. The van der Waals surface area contributed by atoms with Crippen molar-refractivity contribution in [2.75, 3.05) is 13.7 Å². The summed E-state index contributed by atoms with van der Waals surface area (Å²) in [5.74, 6) is -1.11. The third-order valence-electron chi connectivity index (χ3n) is 5.00. The van der Waals surface area contributed by atoms with Crippen molar-refractivity contribution >= 4 is 17.7 Å². The molecule has 3 rings (SSSR count). The number of nitro groups is 1. The quantitative estimate of drug-likeness (QED) is 0.548. The molecule has 8 heteroatoms. The lowest BCUT2D eigenvalue weighted by atomic mass is 9.93. The molecular weight excluding hydrogens is 386 g/mol. The van der Waals surface area contributed by atoms with Crippen LogP contribution in [0, 0.1) is 10.1 Å². The Morgan fingerprint density at radius 3 is 2.60 bits per heavy atom. The van der Waals surface area contributed by atoms with Crippen LogP contribution in [-0.2, 0) is 16.0 Å². The Morgan fingerprint density at radius 2 is 1.97 bits per heavy atom. The molecule has 30 heavy (non-hydrogen) atoms. The highest BCUT2D eigenvalue weighted by molar-refractivity contribution is 5.93. The Labute approximate surface area is 174 Å². The maximum atomic E-state index is 12.1. The highest BCUT2D eigenvalue weighted by atomic mass is 16.6. The first kappa shape index (κ1) is 21.0. The summed E-state index contributed by atoms with van der Waals surface area (Å²) in [6.07, 6.45) is 1.52. The fourth-order valence-corrected chi connectivity index (χ4v) is 3.64. The molecule has 2 aromatic rings. The minimum atomic E-state index is -1.11. The summed E-state index contributed by atoms with van der Waals surface area (Å²) in [6.45, 7) is 2.08. The lowest BCUT2D eigenvalue weighted by Gasteiger charge is -2.37. The fraction of sp³-hybridized carbons (Fsp3) is 0.273. The van der Waals surface area contributed by atoms with Crippen LogP contribution >= 0.6 is 0 Å². The number of benzene rings is 2. The molecule has 1 heterocycles. The number of aliphatic imine (C=N–C) groups is 1. The molecule has 0 aliphatic carbocycles. The van der Waals surface area contributed by atoms with Crippen molar-refractivity contribution in [2.24, 2.45) is 4.99 Å². The van der Waals surface area contributed by atoms with Gasteiger partial charge in [-0.3, -0.25) is 10.1 Å². The first-order chi connectivity index (χ1) is 14.4. The normalized spacial score (nSPS) is 16.3. The maximum absolute atomic E-state index is 12.1. The van der Waals surface area contributed by atoms with Gasteiger partial charge in [-0.1, -0.05) is 42.5 Å². The zero-order chi connectivity index (χ0) is 21.7. The van der Waals surface area contributed by atoms with Crippen LogP contribution in [0.2, 0.25) is 0 Å². The van der Waals surface area contributed by atoms with Crippen molar-refractivity contribution in [1.29, 1.82) is 0 Å². The number of ether oxygens (including phenoxy) is 1. The van der Waals surface area contributed by atoms with Gasteiger partial charge in [-0.25, -0.2) is 9.79 Å². The largest absolute Gasteiger partial charge is 0.478 e. The molecule has 0 saturated carbocycles. The molecule has 0 fully saturated rings. The molecule has 0 aromatic heterocycles. The van der Waals surface area contributed by atoms with Crippen molar-refractivity contribution in [3.8, 4) is 0 Å². The zero-order valence-electron chi connectivity index (χ0n) is 16.8. The number of carbonyl (C=O) groups is 1. The Hall–Kier alpha value is -3.68. The van der Waals surface area contributed by atoms with Crippen molar-refractivity contribution in [2.45, 2.75) is 25.8 Å². The average Bonchev–Trinajstić information content (AvgIpc) is 2.74. The van der Waals surface area contributed by atoms with Gasteiger partial charge in [0.05, 0.1) is 29.3 Å². The monoisotopic (exact) mass is 409 g/mol. The maximum Gasteiger partial charge on any atom is 0.335 e. The van der Waals surface area contributed by atoms with Gasteiger partial charge in [0, 0.05) is 18.7 Å². The summed E-state index contributed by atoms with van der Waals surface area (Å²) in [4.78, 5) is 28.9. The van der Waals surface area contributed by atoms with Crippen LogP contribution in [0.15, 0.2) is 70.9 Å². The highest BCUT2D eigenvalue weighted by Crippen LogP contribution is 2.36. The van der Waals surface area contributed by atoms with E-state index < -0.39 is 16.9 Å². The molecule has 0 amide bonds. The Morgan fingerprint density at radius 1 is 1.23 bits per heavy atom. The van der Waals surface area contributed by atoms with Gasteiger partial charge in [0.25, 0.3) is 11.7 Å². The first-order valence-corrected chi connectivity index (χ1v) is 9.54. The van der Waals surface area contributed by atoms with Crippen molar-refractivity contribution in [1.82, 2.24) is 4.90 Å². The summed E-state index contributed by atoms with van der Waals surface area (Å²) in [6, 6.07) is 15.6. The summed E-state index contributed by atoms with van der Waals surface area (Å²) in [7, 11) is 1.48. The van der Waals surface area contributed by atoms with E-state index >= 15 is 0 Å². The number of carboxylic acids is 1. The summed E-state index contributed by atoms with van der Waals surface area (Å²) in [5, 5.41) is 21.1. The minimum Gasteiger partial charge on any atom is -0.478 e. The van der Waals surface area contributed by atoms with Gasteiger partial charge < -0.3 is 14.7 Å². The van der Waals surface area contributed by atoms with E-state index in [1.54, 1.807) is 24.0 Å². The highest BCUT2D eigenvalue weighted by Gasteiger charge is 2.36. The number of aliphatic carboxylic acids is 1. The Kier molecular flexibility index (Phi) is 6.46. The average molecular weight is 409 g/mol. The molecule has 0 saturated heterocycles. The van der Waals surface area contributed by atoms with E-state index in [0.717, 1.165) is 12.8 Å². The van der Waals surface area contributed by atoms with E-state index in [2.05, 4.69) is 4.99 Å². The molecule has 156 valence electrons. The number of hydrogen-bond acceptors (Lipinski definition) is 6. The first-order valence-electron chi connectivity index (χ1n) is 9.54. The van der Waals surface area contributed by atoms with Crippen LogP contribution < -0.4 is 0 Å². The number of nitro benzene ring substituents is 1. The predicted octanol–water partition coefficient (Wildman–Crippen LogP) is 3.95. The van der Waals surface area contributed by atoms with Crippen molar-refractivity contribution in [3.63, 3.8) is 0 Å². The van der Waals surface area contributed by atoms with Crippen LogP contribution in [0.1, 0.15) is 30.5 Å². The lowest BCUT2D eigenvalue weighted by molar-refractivity contribution is -0.384. The van der Waals surface area contributed by atoms with Crippen molar-refractivity contribution < 1.29 is 19.6 Å². The minimum absolute atomic E-state index is 0.0796. The number of aryl methyl sites for hydroxylation is 1. The molecule has 1 aliphatic heterocycles. The van der Waals surface area contributed by atoms with Gasteiger partial charge in [0.15, 0.2) is 0 Å². The molecule has 0 spiro atoms. The van der Waals surface area contributed by atoms with Gasteiger partial charge in [-0.15, -0.1) is 0 Å². The van der Waals surface area contributed by atoms with Crippen molar-refractivity contribution in [3.05, 3.63) is 87.1 Å². The van der Waals surface area contributed by atoms with Crippen LogP contribution in [0.25, 0.3) is 0 Å². The van der Waals surface area contributed by atoms with Crippen LogP contribution in [-0.4, -0.2) is 40.6 Å². The van der Waals surface area contributed by atoms with Gasteiger partial charge in [0.2, 0.25) is 0 Å². The molecule has 1 N–H and O–H groups in total. The van der Waals surface area contributed by atoms with E-state index in [1.165, 1.54) is 24.8 Å². The third kappa shape index (κ3) is 4.48. The number of rotatable bonds is 7. The van der Waals surface area contributed by atoms with E-state index in [-0.39, 0.29) is 11.3 Å². The summed E-state index contributed by atoms with van der Waals surface area (Å²) >= 11 is 0. The summed E-state index contributed by atoms with van der Waals surface area (Å²) < 4.78 is 5.45. The second-order valence-electron chi connectivity index (χ2n) is 6.94. The van der Waals surface area contributed by atoms with Gasteiger partial charge in [-0.2, -0.15) is 0 Å². The van der Waals surface area contributed by atoms with Crippen LogP contribution in [0.5, 0.6) is 0 Å². The van der Waals surface area contributed by atoms with Crippen LogP contribution in [0.4, 0.5) is 5.69 Å². The zero-order valence-corrected chi connectivity index (χ0v) is 16.8. The van der Waals surface area contributed by atoms with E-state index in [1.807, 2.05) is 30.3 Å². The second-order valence-corrected chi connectivity index (χ2v) is 6.94. The van der Waals surface area contributed by atoms with Crippen LogP contribution in [0.3, 0.4) is 0 Å². The lowest BCUT2D eigenvalue weighted by Crippen LogP contribution is -2.42. The number of allylic oxidation sites excluding steroid dienone is 1. The number of hydrogen-bond donors (Lipinski definition) is 1. The molecule has 8 nitrogen and oxygen atoms in total. The van der Waals surface area contributed by atoms with Gasteiger partial charge in [0.1, 0.15) is 0 Å². The Bertz CT molecular complexity index is 1000. The van der Waals surface area contributed by atoms with Gasteiger partial charge >= 0.3 is 5.97 Å². The number of amidine groups is 1. The number of nitrogens with zero attached hydrogens (tertiary/aromatic N) is 3. The number of methoxy groups -OCH3 is 1. The molecule has 0 bridgehead atoms. The second kappa shape index (κ2) is 9.21. The number of carboxylic acid groups (broad SMARTS) is 1. The van der Waals surface area contributed by atoms with Gasteiger partial charge in [-0.05, 0) is 30.9 Å². The topological polar surface area (TPSA) is 105 Å². The molecule has 1 unspecified atom stereocenters. The molecular formula is C22H23N3O5. The fourth-order valence-electron chi connectivity index (χ4n) is 3.64.